The van der Waals surface area contributed by atoms with Crippen molar-refractivity contribution in [1.29, 1.82) is 5.26 Å². The number of ether oxygens (including phenoxy) is 1. The van der Waals surface area contributed by atoms with Gasteiger partial charge in [-0.05, 0) is 68.6 Å². The van der Waals surface area contributed by atoms with E-state index >= 15 is 0 Å². The molecule has 0 bridgehead atoms. The van der Waals surface area contributed by atoms with Crippen LogP contribution in [0.5, 0.6) is 5.75 Å². The Morgan fingerprint density at radius 1 is 1.24 bits per heavy atom. The third-order valence-corrected chi connectivity index (χ3v) is 8.15. The Kier molecular flexibility index (Phi) is 7.45. The Labute approximate surface area is 222 Å². The lowest BCUT2D eigenvalue weighted by molar-refractivity contribution is 0.151. The number of hydrogen-bond acceptors (Lipinski definition) is 6. The van der Waals surface area contributed by atoms with E-state index in [2.05, 4.69) is 41.5 Å². The number of aromatic nitrogens is 1. The van der Waals surface area contributed by atoms with Gasteiger partial charge in [0, 0.05) is 43.5 Å². The van der Waals surface area contributed by atoms with Crippen LogP contribution in [0.3, 0.4) is 0 Å². The summed E-state index contributed by atoms with van der Waals surface area (Å²) in [5.74, 6) is 0.752. The Bertz CT molecular complexity index is 1320. The fourth-order valence-corrected chi connectivity index (χ4v) is 6.09. The normalized spacial score (nSPS) is 17.5. The fourth-order valence-electron chi connectivity index (χ4n) is 5.12. The number of urea groups is 1. The number of carbonyl (C=O) groups is 1. The summed E-state index contributed by atoms with van der Waals surface area (Å²) in [7, 11) is 2.09. The molecule has 1 atom stereocenters. The van der Waals surface area contributed by atoms with Crippen molar-refractivity contribution in [3.8, 4) is 32.8 Å². The second kappa shape index (κ2) is 10.9. The van der Waals surface area contributed by atoms with Crippen molar-refractivity contribution in [2.45, 2.75) is 45.3 Å². The first-order chi connectivity index (χ1) is 17.9. The first-order valence-electron chi connectivity index (χ1n) is 12.9. The molecule has 2 aliphatic rings. The van der Waals surface area contributed by atoms with Gasteiger partial charge < -0.3 is 19.9 Å². The van der Waals surface area contributed by atoms with Crippen LogP contribution in [0.15, 0.2) is 42.6 Å². The third kappa shape index (κ3) is 5.48. The zero-order valence-corrected chi connectivity index (χ0v) is 22.5. The average Bonchev–Trinajstić information content (AvgIpc) is 3.53. The van der Waals surface area contributed by atoms with E-state index in [4.69, 9.17) is 9.72 Å². The maximum absolute atomic E-state index is 12.9. The second-order valence-electron chi connectivity index (χ2n) is 10.1. The topological polar surface area (TPSA) is 81.5 Å². The molecule has 1 aliphatic carbocycles. The van der Waals surface area contributed by atoms with E-state index in [1.54, 1.807) is 11.3 Å². The maximum Gasteiger partial charge on any atom is 0.317 e. The van der Waals surface area contributed by atoms with E-state index in [1.807, 2.05) is 43.1 Å². The minimum Gasteiger partial charge on any atom is -0.491 e. The molecule has 7 nitrogen and oxygen atoms in total. The quantitative estimate of drug-likeness (QED) is 0.483. The smallest absolute Gasteiger partial charge is 0.317 e. The molecule has 8 heteroatoms. The summed E-state index contributed by atoms with van der Waals surface area (Å²) in [4.78, 5) is 22.9. The highest BCUT2D eigenvalue weighted by Crippen LogP contribution is 2.41. The standard InChI is InChI=1S/C29H33N5O2S/c1-19(2)36-26-10-7-21(17-20(26)11-12-30)28-31-18-27(37-28)24-6-4-5-23-22(24)8-9-25(23)32-29(35)34-15-13-33(3)14-16-34/h4-7,10,17-19,25H,8-9,11,13-16H2,1-3H3,(H,32,35). The molecule has 37 heavy (non-hydrogen) atoms. The van der Waals surface area contributed by atoms with Gasteiger partial charge in [0.15, 0.2) is 0 Å². The van der Waals surface area contributed by atoms with Gasteiger partial charge in [-0.1, -0.05) is 18.2 Å². The molecule has 2 heterocycles. The van der Waals surface area contributed by atoms with E-state index in [1.165, 1.54) is 16.7 Å². The average molecular weight is 516 g/mol. The van der Waals surface area contributed by atoms with Gasteiger partial charge in [-0.3, -0.25) is 0 Å². The van der Waals surface area contributed by atoms with E-state index < -0.39 is 0 Å². The van der Waals surface area contributed by atoms with Crippen LogP contribution in [-0.4, -0.2) is 60.1 Å². The number of likely N-dealkylation sites (N-methyl/N-ethyl adjacent to an activating group) is 1. The first kappa shape index (κ1) is 25.2. The molecule has 1 aromatic heterocycles. The van der Waals surface area contributed by atoms with Crippen LogP contribution >= 0.6 is 11.3 Å². The van der Waals surface area contributed by atoms with Gasteiger partial charge in [-0.15, -0.1) is 11.3 Å². The van der Waals surface area contributed by atoms with Gasteiger partial charge >= 0.3 is 6.03 Å². The Morgan fingerprint density at radius 3 is 2.81 bits per heavy atom. The van der Waals surface area contributed by atoms with Gasteiger partial charge in [-0.25, -0.2) is 9.78 Å². The molecule has 3 aromatic rings. The molecular weight excluding hydrogens is 482 g/mol. The lowest BCUT2D eigenvalue weighted by Gasteiger charge is -2.33. The lowest BCUT2D eigenvalue weighted by Crippen LogP contribution is -2.51. The van der Waals surface area contributed by atoms with E-state index in [-0.39, 0.29) is 18.2 Å². The molecule has 1 unspecified atom stereocenters. The van der Waals surface area contributed by atoms with Gasteiger partial charge in [0.1, 0.15) is 10.8 Å². The van der Waals surface area contributed by atoms with Crippen molar-refractivity contribution in [3.63, 3.8) is 0 Å². The van der Waals surface area contributed by atoms with Crippen LogP contribution in [0.1, 0.15) is 43.0 Å². The number of benzene rings is 2. The number of hydrogen-bond donors (Lipinski definition) is 1. The number of thiazole rings is 1. The van der Waals surface area contributed by atoms with Crippen LogP contribution < -0.4 is 10.1 Å². The fraction of sp³-hybridized carbons (Fsp3) is 0.414. The molecule has 2 aromatic carbocycles. The SMILES string of the molecule is CC(C)Oc1ccc(-c2ncc(-c3cccc4c3CCC4NC(=O)N3CCN(C)CC3)s2)cc1CC#N. The molecule has 0 radical (unpaired) electrons. The van der Waals surface area contributed by atoms with Gasteiger partial charge in [0.05, 0.1) is 29.5 Å². The highest BCUT2D eigenvalue weighted by atomic mass is 32.1. The largest absolute Gasteiger partial charge is 0.491 e. The predicted octanol–water partition coefficient (Wildman–Crippen LogP) is 5.27. The summed E-state index contributed by atoms with van der Waals surface area (Å²) in [6.45, 7) is 7.34. The van der Waals surface area contributed by atoms with Crippen LogP contribution in [0.2, 0.25) is 0 Å². The van der Waals surface area contributed by atoms with E-state index in [9.17, 15) is 10.1 Å². The summed E-state index contributed by atoms with van der Waals surface area (Å²) >= 11 is 1.65. The molecule has 1 fully saturated rings. The van der Waals surface area contributed by atoms with Crippen molar-refractivity contribution in [2.75, 3.05) is 33.2 Å². The number of fused-ring (bicyclic) bond motifs is 1. The van der Waals surface area contributed by atoms with Crippen molar-refractivity contribution < 1.29 is 9.53 Å². The molecule has 0 saturated carbocycles. The number of carbonyl (C=O) groups excluding carboxylic acids is 1. The van der Waals surface area contributed by atoms with Gasteiger partial charge in [-0.2, -0.15) is 5.26 Å². The zero-order chi connectivity index (χ0) is 25.9. The van der Waals surface area contributed by atoms with Gasteiger partial charge in [0.25, 0.3) is 0 Å². The number of rotatable bonds is 6. The Hall–Kier alpha value is -3.41. The number of nitrogens with one attached hydrogen (secondary N) is 1. The van der Waals surface area contributed by atoms with E-state index in [0.29, 0.717) is 6.42 Å². The highest BCUT2D eigenvalue weighted by Gasteiger charge is 2.29. The summed E-state index contributed by atoms with van der Waals surface area (Å²) in [5, 5.41) is 13.5. The molecule has 1 saturated heterocycles. The van der Waals surface area contributed by atoms with E-state index in [0.717, 1.165) is 65.8 Å². The van der Waals surface area contributed by atoms with Crippen LogP contribution in [0.25, 0.3) is 21.0 Å². The van der Waals surface area contributed by atoms with Crippen molar-refractivity contribution in [1.82, 2.24) is 20.1 Å². The molecule has 1 aliphatic heterocycles. The molecule has 1 N–H and O–H groups in total. The minimum atomic E-state index is 0.0366. The zero-order valence-electron chi connectivity index (χ0n) is 21.7. The first-order valence-corrected chi connectivity index (χ1v) is 13.7. The predicted molar refractivity (Wildman–Crippen MR) is 147 cm³/mol. The van der Waals surface area contributed by atoms with Crippen molar-refractivity contribution >= 4 is 17.4 Å². The molecular formula is C29H33N5O2S. The monoisotopic (exact) mass is 515 g/mol. The molecule has 192 valence electrons. The van der Waals surface area contributed by atoms with Crippen LogP contribution in [-0.2, 0) is 12.8 Å². The molecule has 0 spiro atoms. The highest BCUT2D eigenvalue weighted by molar-refractivity contribution is 7.18. The Balaban J connectivity index is 1.35. The third-order valence-electron chi connectivity index (χ3n) is 7.07. The lowest BCUT2D eigenvalue weighted by atomic mass is 10.0. The van der Waals surface area contributed by atoms with Crippen molar-refractivity contribution in [3.05, 3.63) is 59.3 Å². The summed E-state index contributed by atoms with van der Waals surface area (Å²) in [5.41, 5.74) is 5.57. The minimum absolute atomic E-state index is 0.0366. The summed E-state index contributed by atoms with van der Waals surface area (Å²) in [6.07, 6.45) is 4.12. The second-order valence-corrected chi connectivity index (χ2v) is 11.1. The number of amides is 2. The van der Waals surface area contributed by atoms with Crippen LogP contribution in [0.4, 0.5) is 4.79 Å². The molecule has 5 rings (SSSR count). The van der Waals surface area contributed by atoms with Gasteiger partial charge in [0.2, 0.25) is 0 Å². The number of nitrogens with zero attached hydrogens (tertiary/aromatic N) is 4. The Morgan fingerprint density at radius 2 is 2.05 bits per heavy atom. The number of nitriles is 1. The van der Waals surface area contributed by atoms with Crippen molar-refractivity contribution in [2.24, 2.45) is 0 Å². The number of piperazine rings is 1. The molecule has 2 amide bonds. The maximum atomic E-state index is 12.9. The summed E-state index contributed by atoms with van der Waals surface area (Å²) < 4.78 is 5.89. The van der Waals surface area contributed by atoms with Crippen LogP contribution in [0, 0.1) is 11.3 Å². The summed E-state index contributed by atoms with van der Waals surface area (Å²) in [6, 6.07) is 14.7.